The van der Waals surface area contributed by atoms with E-state index in [0.29, 0.717) is 17.8 Å². The summed E-state index contributed by atoms with van der Waals surface area (Å²) in [6.45, 7) is 2.58. The van der Waals surface area contributed by atoms with E-state index in [2.05, 4.69) is 15.2 Å². The van der Waals surface area contributed by atoms with Gasteiger partial charge >= 0.3 is 0 Å². The Morgan fingerprint density at radius 2 is 1.69 bits per heavy atom. The number of aromatic nitrogens is 1. The van der Waals surface area contributed by atoms with E-state index in [1.165, 1.54) is 24.9 Å². The Bertz CT molecular complexity index is 951. The Morgan fingerprint density at radius 1 is 0.923 bits per heavy atom. The third-order valence-corrected chi connectivity index (χ3v) is 4.96. The van der Waals surface area contributed by atoms with E-state index in [1.807, 2.05) is 42.5 Å². The van der Waals surface area contributed by atoms with Crippen molar-refractivity contribution < 1.29 is 0 Å². The summed E-state index contributed by atoms with van der Waals surface area (Å²) in [5.74, 6) is 0. The molecule has 4 rings (SSSR count). The summed E-state index contributed by atoms with van der Waals surface area (Å²) in [5.41, 5.74) is 2.80. The van der Waals surface area contributed by atoms with Crippen LogP contribution in [-0.2, 0) is 6.54 Å². The second-order valence-corrected chi connectivity index (χ2v) is 6.68. The molecule has 2 aromatic carbocycles. The van der Waals surface area contributed by atoms with Crippen molar-refractivity contribution in [2.45, 2.75) is 25.8 Å². The molecule has 0 saturated carbocycles. The van der Waals surface area contributed by atoms with Crippen LogP contribution in [0.5, 0.6) is 0 Å². The quantitative estimate of drug-likeness (QED) is 0.719. The Hall–Kier alpha value is -2.95. The molecule has 5 nitrogen and oxygen atoms in total. The summed E-state index contributed by atoms with van der Waals surface area (Å²) >= 11 is 0. The third-order valence-electron chi connectivity index (χ3n) is 4.96. The van der Waals surface area contributed by atoms with Crippen LogP contribution in [-0.4, -0.2) is 18.1 Å². The number of hydrogen-bond acceptors (Lipinski definition) is 5. The minimum absolute atomic E-state index is 0.395. The fourth-order valence-corrected chi connectivity index (χ4v) is 3.51. The molecule has 0 amide bonds. The Labute approximate surface area is 152 Å². The number of anilines is 2. The molecule has 1 aliphatic heterocycles. The van der Waals surface area contributed by atoms with E-state index in [-0.39, 0.29) is 0 Å². The van der Waals surface area contributed by atoms with Crippen LogP contribution in [0, 0.1) is 0 Å². The number of hydrogen-bond donors (Lipinski definition) is 1. The van der Waals surface area contributed by atoms with Crippen LogP contribution >= 0.6 is 0 Å². The highest BCUT2D eigenvalue weighted by Crippen LogP contribution is 2.27. The zero-order chi connectivity index (χ0) is 17.9. The maximum Gasteiger partial charge on any atom is 0.250 e. The van der Waals surface area contributed by atoms with Gasteiger partial charge in [-0.3, -0.25) is 14.6 Å². The van der Waals surface area contributed by atoms with E-state index in [4.69, 9.17) is 0 Å². The molecule has 0 bridgehead atoms. The summed E-state index contributed by atoms with van der Waals surface area (Å²) in [5, 5.41) is 3.08. The normalized spacial score (nSPS) is 14.5. The molecule has 5 heteroatoms. The van der Waals surface area contributed by atoms with Crippen LogP contribution < -0.4 is 21.1 Å². The van der Waals surface area contributed by atoms with Gasteiger partial charge in [0.1, 0.15) is 0 Å². The van der Waals surface area contributed by atoms with Gasteiger partial charge < -0.3 is 10.2 Å². The highest BCUT2D eigenvalue weighted by molar-refractivity contribution is 5.82. The molecular formula is C21H21N3O2. The first-order valence-corrected chi connectivity index (χ1v) is 9.06. The van der Waals surface area contributed by atoms with E-state index in [0.717, 1.165) is 24.3 Å². The number of piperidine rings is 1. The van der Waals surface area contributed by atoms with Crippen LogP contribution in [0.4, 0.5) is 11.4 Å². The van der Waals surface area contributed by atoms with E-state index in [9.17, 15) is 9.59 Å². The summed E-state index contributed by atoms with van der Waals surface area (Å²) in [6.07, 6.45) is 5.45. The molecule has 0 atom stereocenters. The Morgan fingerprint density at radius 3 is 2.38 bits per heavy atom. The van der Waals surface area contributed by atoms with Gasteiger partial charge in [-0.25, -0.2) is 0 Å². The molecule has 0 aliphatic carbocycles. The van der Waals surface area contributed by atoms with Crippen LogP contribution in [0.15, 0.2) is 58.3 Å². The van der Waals surface area contributed by atoms with E-state index >= 15 is 0 Å². The highest BCUT2D eigenvalue weighted by atomic mass is 16.2. The van der Waals surface area contributed by atoms with Crippen molar-refractivity contribution in [1.82, 2.24) is 4.98 Å². The van der Waals surface area contributed by atoms with Crippen LogP contribution in [0.2, 0.25) is 0 Å². The second-order valence-electron chi connectivity index (χ2n) is 6.68. The molecule has 0 unspecified atom stereocenters. The summed E-state index contributed by atoms with van der Waals surface area (Å²) in [4.78, 5) is 30.7. The fourth-order valence-electron chi connectivity index (χ4n) is 3.51. The maximum atomic E-state index is 12.1. The van der Waals surface area contributed by atoms with E-state index < -0.39 is 10.9 Å². The average Bonchev–Trinajstić information content (AvgIpc) is 2.72. The molecule has 1 N–H and O–H groups in total. The largest absolute Gasteiger partial charge is 0.375 e. The zero-order valence-electron chi connectivity index (χ0n) is 14.6. The molecule has 2 heterocycles. The standard InChI is InChI=1S/C21H21N3O2/c25-20-18(19(21(20)26)23-14-16-6-2-3-11-22-16)15-7-9-17(10-8-15)24-12-4-1-5-13-24/h2-3,6-11,23H,1,4-5,12-14H2. The van der Waals surface area contributed by atoms with Gasteiger partial charge in [-0.1, -0.05) is 18.2 Å². The zero-order valence-corrected chi connectivity index (χ0v) is 14.6. The Kier molecular flexibility index (Phi) is 4.52. The predicted octanol–water partition coefficient (Wildman–Crippen LogP) is 2.95. The first-order valence-electron chi connectivity index (χ1n) is 9.06. The number of pyridine rings is 1. The first kappa shape index (κ1) is 16.5. The smallest absolute Gasteiger partial charge is 0.250 e. The molecular weight excluding hydrogens is 326 g/mol. The number of nitrogens with one attached hydrogen (secondary N) is 1. The molecule has 26 heavy (non-hydrogen) atoms. The molecule has 0 spiro atoms. The van der Waals surface area contributed by atoms with Crippen molar-refractivity contribution in [3.05, 3.63) is 74.8 Å². The van der Waals surface area contributed by atoms with Crippen molar-refractivity contribution in [2.75, 3.05) is 23.3 Å². The van der Waals surface area contributed by atoms with Crippen LogP contribution in [0.25, 0.3) is 11.1 Å². The number of rotatable bonds is 5. The van der Waals surface area contributed by atoms with Crippen molar-refractivity contribution in [3.8, 4) is 11.1 Å². The van der Waals surface area contributed by atoms with Gasteiger partial charge in [0.15, 0.2) is 0 Å². The summed E-state index contributed by atoms with van der Waals surface area (Å²) < 4.78 is 0. The molecule has 3 aromatic rings. The Balaban J connectivity index is 1.53. The van der Waals surface area contributed by atoms with Gasteiger partial charge in [-0.15, -0.1) is 0 Å². The van der Waals surface area contributed by atoms with Gasteiger partial charge in [0.25, 0.3) is 0 Å². The van der Waals surface area contributed by atoms with E-state index in [1.54, 1.807) is 6.20 Å². The third kappa shape index (κ3) is 3.12. The van der Waals surface area contributed by atoms with Gasteiger partial charge in [-0.05, 0) is 49.1 Å². The molecule has 0 radical (unpaired) electrons. The van der Waals surface area contributed by atoms with Crippen LogP contribution in [0.3, 0.4) is 0 Å². The predicted molar refractivity (Wildman–Crippen MR) is 104 cm³/mol. The summed E-state index contributed by atoms with van der Waals surface area (Å²) in [6, 6.07) is 13.6. The van der Waals surface area contributed by atoms with Crippen molar-refractivity contribution in [1.29, 1.82) is 0 Å². The minimum Gasteiger partial charge on any atom is -0.375 e. The fraction of sp³-hybridized carbons (Fsp3) is 0.286. The number of benzene rings is 1. The summed E-state index contributed by atoms with van der Waals surface area (Å²) in [7, 11) is 0. The lowest BCUT2D eigenvalue weighted by Crippen LogP contribution is -2.36. The molecule has 1 saturated heterocycles. The van der Waals surface area contributed by atoms with Crippen molar-refractivity contribution in [2.24, 2.45) is 0 Å². The average molecular weight is 347 g/mol. The number of nitrogens with zero attached hydrogens (tertiary/aromatic N) is 2. The second kappa shape index (κ2) is 7.12. The monoisotopic (exact) mass is 347 g/mol. The van der Waals surface area contributed by atoms with Gasteiger partial charge in [0, 0.05) is 25.0 Å². The lowest BCUT2D eigenvalue weighted by molar-refractivity contribution is 0.578. The topological polar surface area (TPSA) is 62.3 Å². The lowest BCUT2D eigenvalue weighted by Gasteiger charge is -2.29. The maximum absolute atomic E-state index is 12.1. The van der Waals surface area contributed by atoms with Crippen molar-refractivity contribution in [3.63, 3.8) is 0 Å². The van der Waals surface area contributed by atoms with Crippen LogP contribution in [0.1, 0.15) is 25.0 Å². The molecule has 1 fully saturated rings. The van der Waals surface area contributed by atoms with Gasteiger partial charge in [0.05, 0.1) is 23.5 Å². The lowest BCUT2D eigenvalue weighted by atomic mass is 9.98. The SMILES string of the molecule is O=c1c(NCc2ccccn2)c(-c2ccc(N3CCCCC3)cc2)c1=O. The molecule has 1 aliphatic rings. The van der Waals surface area contributed by atoms with Gasteiger partial charge in [0.2, 0.25) is 10.9 Å². The highest BCUT2D eigenvalue weighted by Gasteiger charge is 2.22. The molecule has 1 aromatic heterocycles. The first-order chi connectivity index (χ1) is 12.7. The molecule has 132 valence electrons. The van der Waals surface area contributed by atoms with Crippen molar-refractivity contribution >= 4 is 11.4 Å². The minimum atomic E-state index is -0.448. The van der Waals surface area contributed by atoms with Gasteiger partial charge in [-0.2, -0.15) is 0 Å².